The van der Waals surface area contributed by atoms with Crippen LogP contribution in [-0.2, 0) is 17.9 Å². The van der Waals surface area contributed by atoms with E-state index in [2.05, 4.69) is 4.98 Å². The van der Waals surface area contributed by atoms with Crippen LogP contribution in [0.5, 0.6) is 0 Å². The SMILES string of the molecule is S=C(OCc1ccc(Cl)cc1)SC(Cn1ccnc1)c1ccc(Cl)cc1Cl. The molecule has 1 aromatic heterocycles. The second-order valence-corrected chi connectivity index (χ2v) is 8.78. The largest absolute Gasteiger partial charge is 0.474 e. The number of halogens is 3. The van der Waals surface area contributed by atoms with Crippen molar-refractivity contribution in [1.29, 1.82) is 0 Å². The van der Waals surface area contributed by atoms with E-state index in [4.69, 9.17) is 51.8 Å². The minimum Gasteiger partial charge on any atom is -0.474 e. The zero-order valence-electron chi connectivity index (χ0n) is 14.0. The van der Waals surface area contributed by atoms with Gasteiger partial charge in [-0.25, -0.2) is 4.98 Å². The normalized spacial score (nSPS) is 12.0. The summed E-state index contributed by atoms with van der Waals surface area (Å²) in [5.41, 5.74) is 1.94. The monoisotopic (exact) mass is 456 g/mol. The van der Waals surface area contributed by atoms with E-state index < -0.39 is 0 Å². The summed E-state index contributed by atoms with van der Waals surface area (Å²) in [5.74, 6) is 0. The lowest BCUT2D eigenvalue weighted by Crippen LogP contribution is -2.09. The Morgan fingerprint density at radius 1 is 1.11 bits per heavy atom. The summed E-state index contributed by atoms with van der Waals surface area (Å²) in [6, 6.07) is 12.9. The first-order chi connectivity index (χ1) is 13.0. The van der Waals surface area contributed by atoms with Gasteiger partial charge in [-0.15, -0.1) is 0 Å². The first-order valence-corrected chi connectivity index (χ1v) is 10.4. The highest BCUT2D eigenvalue weighted by atomic mass is 35.5. The quantitative estimate of drug-likeness (QED) is 0.379. The Balaban J connectivity index is 1.70. The molecule has 0 aliphatic carbocycles. The van der Waals surface area contributed by atoms with Gasteiger partial charge in [0.15, 0.2) is 0 Å². The minimum absolute atomic E-state index is 0.0401. The summed E-state index contributed by atoms with van der Waals surface area (Å²) in [4.78, 5) is 4.09. The van der Waals surface area contributed by atoms with Crippen molar-refractivity contribution in [1.82, 2.24) is 9.55 Å². The molecule has 0 radical (unpaired) electrons. The maximum Gasteiger partial charge on any atom is 0.220 e. The average Bonchev–Trinajstić information content (AvgIpc) is 3.14. The molecule has 3 rings (SSSR count). The van der Waals surface area contributed by atoms with Gasteiger partial charge in [0.05, 0.1) is 11.6 Å². The van der Waals surface area contributed by atoms with Crippen LogP contribution >= 0.6 is 58.8 Å². The summed E-state index contributed by atoms with van der Waals surface area (Å²) in [6.07, 6.45) is 5.39. The lowest BCUT2D eigenvalue weighted by atomic mass is 10.1. The van der Waals surface area contributed by atoms with E-state index in [0.717, 1.165) is 11.1 Å². The van der Waals surface area contributed by atoms with Crippen LogP contribution in [0.15, 0.2) is 61.2 Å². The predicted octanol–water partition coefficient (Wildman–Crippen LogP) is 6.82. The maximum absolute atomic E-state index is 6.42. The number of hydrogen-bond acceptors (Lipinski definition) is 4. The van der Waals surface area contributed by atoms with Gasteiger partial charge in [-0.1, -0.05) is 64.8 Å². The highest BCUT2D eigenvalue weighted by molar-refractivity contribution is 8.22. The van der Waals surface area contributed by atoms with E-state index in [1.165, 1.54) is 11.8 Å². The molecule has 2 aromatic carbocycles. The third-order valence-electron chi connectivity index (χ3n) is 3.75. The van der Waals surface area contributed by atoms with Crippen LogP contribution in [0.2, 0.25) is 15.1 Å². The fraction of sp³-hybridized carbons (Fsp3) is 0.158. The van der Waals surface area contributed by atoms with Crippen LogP contribution < -0.4 is 0 Å². The molecule has 0 N–H and O–H groups in total. The van der Waals surface area contributed by atoms with Crippen LogP contribution in [0.3, 0.4) is 0 Å². The molecule has 0 aliphatic rings. The first-order valence-electron chi connectivity index (χ1n) is 8.00. The Bertz CT molecular complexity index is 902. The van der Waals surface area contributed by atoms with Gasteiger partial charge in [0.25, 0.3) is 0 Å². The highest BCUT2D eigenvalue weighted by Gasteiger charge is 2.19. The molecule has 3 aromatic rings. The number of nitrogens with zero attached hydrogens (tertiary/aromatic N) is 2. The Morgan fingerprint density at radius 3 is 2.52 bits per heavy atom. The molecule has 0 saturated carbocycles. The van der Waals surface area contributed by atoms with Crippen molar-refractivity contribution in [2.24, 2.45) is 0 Å². The summed E-state index contributed by atoms with van der Waals surface area (Å²) in [6.45, 7) is 1.03. The van der Waals surface area contributed by atoms with Crippen LogP contribution in [0.4, 0.5) is 0 Å². The molecular weight excluding hydrogens is 443 g/mol. The Labute approximate surface area is 182 Å². The zero-order valence-corrected chi connectivity index (χ0v) is 17.9. The predicted molar refractivity (Wildman–Crippen MR) is 118 cm³/mol. The minimum atomic E-state index is -0.0401. The first kappa shape index (κ1) is 20.5. The van der Waals surface area contributed by atoms with Crippen molar-refractivity contribution in [2.45, 2.75) is 18.4 Å². The number of thiocarbonyl (C=S) groups is 1. The van der Waals surface area contributed by atoms with Gasteiger partial charge >= 0.3 is 0 Å². The van der Waals surface area contributed by atoms with E-state index in [9.17, 15) is 0 Å². The topological polar surface area (TPSA) is 27.1 Å². The van der Waals surface area contributed by atoms with Gasteiger partial charge in [0.1, 0.15) is 6.61 Å². The molecule has 0 amide bonds. The summed E-state index contributed by atoms with van der Waals surface area (Å²) in [5, 5.41) is 1.84. The van der Waals surface area contributed by atoms with Crippen LogP contribution in [0, 0.1) is 0 Å². The van der Waals surface area contributed by atoms with Gasteiger partial charge in [-0.3, -0.25) is 0 Å². The van der Waals surface area contributed by atoms with Crippen molar-refractivity contribution in [3.05, 3.63) is 87.4 Å². The van der Waals surface area contributed by atoms with Gasteiger partial charge in [0.2, 0.25) is 4.38 Å². The number of aromatic nitrogens is 2. The lowest BCUT2D eigenvalue weighted by molar-refractivity contribution is 0.310. The Morgan fingerprint density at radius 2 is 1.85 bits per heavy atom. The van der Waals surface area contributed by atoms with Gasteiger partial charge in [-0.2, -0.15) is 0 Å². The van der Waals surface area contributed by atoms with E-state index in [1.54, 1.807) is 18.6 Å². The number of thioether (sulfide) groups is 1. The Kier molecular flexibility index (Phi) is 7.44. The van der Waals surface area contributed by atoms with Crippen LogP contribution in [0.25, 0.3) is 0 Å². The summed E-state index contributed by atoms with van der Waals surface area (Å²) in [7, 11) is 0. The molecule has 140 valence electrons. The molecule has 0 fully saturated rings. The lowest BCUT2D eigenvalue weighted by Gasteiger charge is -2.19. The molecule has 27 heavy (non-hydrogen) atoms. The summed E-state index contributed by atoms with van der Waals surface area (Å²) >= 11 is 25.2. The molecule has 0 bridgehead atoms. The molecule has 1 heterocycles. The molecule has 0 aliphatic heterocycles. The molecule has 3 nitrogen and oxygen atoms in total. The van der Waals surface area contributed by atoms with Gasteiger partial charge in [0, 0.05) is 34.0 Å². The average molecular weight is 458 g/mol. The second kappa shape index (κ2) is 9.80. The van der Waals surface area contributed by atoms with E-state index >= 15 is 0 Å². The van der Waals surface area contributed by atoms with Crippen molar-refractivity contribution in [3.63, 3.8) is 0 Å². The smallest absolute Gasteiger partial charge is 0.220 e. The highest BCUT2D eigenvalue weighted by Crippen LogP contribution is 2.37. The Hall–Kier alpha value is -1.24. The number of imidazole rings is 1. The number of ether oxygens (including phenoxy) is 1. The van der Waals surface area contributed by atoms with Crippen molar-refractivity contribution < 1.29 is 4.74 Å². The fourth-order valence-electron chi connectivity index (χ4n) is 2.42. The maximum atomic E-state index is 6.42. The molecular formula is C19H15Cl3N2OS2. The second-order valence-electron chi connectivity index (χ2n) is 5.70. The van der Waals surface area contributed by atoms with E-state index in [-0.39, 0.29) is 5.25 Å². The number of rotatable bonds is 6. The van der Waals surface area contributed by atoms with Crippen LogP contribution in [0.1, 0.15) is 16.4 Å². The third kappa shape index (κ3) is 6.13. The number of benzene rings is 2. The van der Waals surface area contributed by atoms with Gasteiger partial charge < -0.3 is 9.30 Å². The standard InChI is InChI=1S/C19H15Cl3N2OS2/c20-14-3-1-13(2-4-14)11-25-19(26)27-18(10-24-8-7-23-12-24)16-6-5-15(21)9-17(16)22/h1-9,12,18H,10-11H2. The summed E-state index contributed by atoms with van der Waals surface area (Å²) < 4.78 is 8.18. The van der Waals surface area contributed by atoms with Gasteiger partial charge in [-0.05, 0) is 47.6 Å². The van der Waals surface area contributed by atoms with Crippen molar-refractivity contribution in [2.75, 3.05) is 0 Å². The molecule has 0 saturated heterocycles. The van der Waals surface area contributed by atoms with Crippen LogP contribution in [-0.4, -0.2) is 13.9 Å². The van der Waals surface area contributed by atoms with E-state index in [0.29, 0.717) is 32.6 Å². The molecule has 1 unspecified atom stereocenters. The molecule has 1 atom stereocenters. The zero-order chi connectivity index (χ0) is 19.2. The third-order valence-corrected chi connectivity index (χ3v) is 5.97. The molecule has 8 heteroatoms. The number of hydrogen-bond donors (Lipinski definition) is 0. The molecule has 0 spiro atoms. The van der Waals surface area contributed by atoms with Crippen molar-refractivity contribution >= 4 is 63.2 Å². The van der Waals surface area contributed by atoms with E-state index in [1.807, 2.05) is 47.2 Å². The fourth-order valence-corrected chi connectivity index (χ4v) is 4.50. The van der Waals surface area contributed by atoms with Crippen molar-refractivity contribution in [3.8, 4) is 0 Å².